The molecule has 1 heterocycles. The van der Waals surface area contributed by atoms with E-state index in [4.69, 9.17) is 0 Å². The van der Waals surface area contributed by atoms with Crippen molar-refractivity contribution in [2.24, 2.45) is 7.05 Å². The van der Waals surface area contributed by atoms with E-state index in [0.29, 0.717) is 6.04 Å². The molecule has 4 heteroatoms. The quantitative estimate of drug-likeness (QED) is 0.764. The average Bonchev–Trinajstić information content (AvgIpc) is 2.50. The van der Waals surface area contributed by atoms with E-state index in [1.807, 2.05) is 36.7 Å². The second-order valence-corrected chi connectivity index (χ2v) is 4.04. The highest BCUT2D eigenvalue weighted by molar-refractivity contribution is 7.98. The van der Waals surface area contributed by atoms with Crippen LogP contribution in [-0.4, -0.2) is 34.9 Å². The van der Waals surface area contributed by atoms with Crippen molar-refractivity contribution < 1.29 is 0 Å². The highest BCUT2D eigenvalue weighted by Gasteiger charge is 2.07. The fourth-order valence-corrected chi connectivity index (χ4v) is 1.96. The minimum absolute atomic E-state index is 0.532. The fourth-order valence-electron chi connectivity index (χ4n) is 1.27. The Morgan fingerprint density at radius 2 is 2.46 bits per heavy atom. The van der Waals surface area contributed by atoms with Gasteiger partial charge in [0.25, 0.3) is 0 Å². The molecule has 0 aliphatic carbocycles. The highest BCUT2D eigenvalue weighted by Crippen LogP contribution is 2.04. The average molecular weight is 199 g/mol. The SMILES string of the molecule is CNC(CSC)Cc1ccn(C)n1. The van der Waals surface area contributed by atoms with E-state index in [1.54, 1.807) is 0 Å². The Hall–Kier alpha value is -0.480. The summed E-state index contributed by atoms with van der Waals surface area (Å²) in [5.41, 5.74) is 1.16. The summed E-state index contributed by atoms with van der Waals surface area (Å²) in [5.74, 6) is 1.13. The number of thioether (sulfide) groups is 1. The van der Waals surface area contributed by atoms with Gasteiger partial charge in [0.2, 0.25) is 0 Å². The lowest BCUT2D eigenvalue weighted by atomic mass is 10.2. The van der Waals surface area contributed by atoms with Gasteiger partial charge in [-0.05, 0) is 19.4 Å². The third kappa shape index (κ3) is 3.40. The molecular weight excluding hydrogens is 182 g/mol. The fraction of sp³-hybridized carbons (Fsp3) is 0.667. The number of nitrogens with zero attached hydrogens (tertiary/aromatic N) is 2. The summed E-state index contributed by atoms with van der Waals surface area (Å²) in [6.45, 7) is 0. The second-order valence-electron chi connectivity index (χ2n) is 3.13. The number of aromatic nitrogens is 2. The van der Waals surface area contributed by atoms with Crippen LogP contribution in [0.5, 0.6) is 0 Å². The van der Waals surface area contributed by atoms with E-state index in [-0.39, 0.29) is 0 Å². The molecule has 1 atom stereocenters. The Kier molecular flexibility index (Phi) is 4.32. The smallest absolute Gasteiger partial charge is 0.0640 e. The third-order valence-corrected chi connectivity index (χ3v) is 2.74. The summed E-state index contributed by atoms with van der Waals surface area (Å²) < 4.78 is 1.85. The first-order chi connectivity index (χ1) is 6.26. The van der Waals surface area contributed by atoms with Gasteiger partial charge < -0.3 is 5.32 Å². The van der Waals surface area contributed by atoms with Crippen LogP contribution < -0.4 is 5.32 Å². The van der Waals surface area contributed by atoms with Crippen LogP contribution in [0.2, 0.25) is 0 Å². The monoisotopic (exact) mass is 199 g/mol. The maximum Gasteiger partial charge on any atom is 0.0640 e. The molecule has 0 radical (unpaired) electrons. The molecule has 1 unspecified atom stereocenters. The van der Waals surface area contributed by atoms with Crippen LogP contribution in [0.3, 0.4) is 0 Å². The van der Waals surface area contributed by atoms with Crippen molar-refractivity contribution >= 4 is 11.8 Å². The number of rotatable bonds is 5. The lowest BCUT2D eigenvalue weighted by Gasteiger charge is -2.12. The van der Waals surface area contributed by atoms with Crippen molar-refractivity contribution in [2.45, 2.75) is 12.5 Å². The lowest BCUT2D eigenvalue weighted by molar-refractivity contribution is 0.600. The van der Waals surface area contributed by atoms with E-state index >= 15 is 0 Å². The zero-order chi connectivity index (χ0) is 9.68. The summed E-state index contributed by atoms with van der Waals surface area (Å²) >= 11 is 1.86. The molecule has 1 aromatic rings. The van der Waals surface area contributed by atoms with E-state index in [9.17, 15) is 0 Å². The largest absolute Gasteiger partial charge is 0.316 e. The van der Waals surface area contributed by atoms with Crippen molar-refractivity contribution in [3.63, 3.8) is 0 Å². The van der Waals surface area contributed by atoms with Crippen LogP contribution in [0.4, 0.5) is 0 Å². The molecule has 0 amide bonds. The highest BCUT2D eigenvalue weighted by atomic mass is 32.2. The van der Waals surface area contributed by atoms with E-state index in [0.717, 1.165) is 17.9 Å². The summed E-state index contributed by atoms with van der Waals surface area (Å²) in [6, 6.07) is 2.61. The predicted octanol–water partition coefficient (Wildman–Crippen LogP) is 0.914. The molecule has 0 spiro atoms. The third-order valence-electron chi connectivity index (χ3n) is 2.00. The molecule has 0 bridgehead atoms. The molecule has 0 fully saturated rings. The van der Waals surface area contributed by atoms with Gasteiger partial charge in [0.05, 0.1) is 5.69 Å². The van der Waals surface area contributed by atoms with Gasteiger partial charge in [0.1, 0.15) is 0 Å². The first-order valence-corrected chi connectivity index (χ1v) is 5.80. The Morgan fingerprint density at radius 1 is 1.69 bits per heavy atom. The molecule has 1 N–H and O–H groups in total. The van der Waals surface area contributed by atoms with Gasteiger partial charge in [-0.15, -0.1) is 0 Å². The molecule has 13 heavy (non-hydrogen) atoms. The maximum absolute atomic E-state index is 4.35. The van der Waals surface area contributed by atoms with E-state index in [1.165, 1.54) is 0 Å². The maximum atomic E-state index is 4.35. The van der Waals surface area contributed by atoms with Crippen molar-refractivity contribution in [1.82, 2.24) is 15.1 Å². The van der Waals surface area contributed by atoms with Gasteiger partial charge in [0.15, 0.2) is 0 Å². The molecule has 3 nitrogen and oxygen atoms in total. The molecule has 74 valence electrons. The molecule has 1 rings (SSSR count). The number of nitrogens with one attached hydrogen (secondary N) is 1. The van der Waals surface area contributed by atoms with Crippen molar-refractivity contribution in [3.05, 3.63) is 18.0 Å². The zero-order valence-electron chi connectivity index (χ0n) is 8.45. The van der Waals surface area contributed by atoms with Gasteiger partial charge in [0, 0.05) is 31.5 Å². The Balaban J connectivity index is 2.46. The molecule has 0 aliphatic rings. The van der Waals surface area contributed by atoms with Crippen molar-refractivity contribution in [1.29, 1.82) is 0 Å². The van der Waals surface area contributed by atoms with Gasteiger partial charge in [-0.25, -0.2) is 0 Å². The predicted molar refractivity (Wildman–Crippen MR) is 58.1 cm³/mol. The van der Waals surface area contributed by atoms with Crippen molar-refractivity contribution in [3.8, 4) is 0 Å². The normalized spacial score (nSPS) is 13.2. The summed E-state index contributed by atoms with van der Waals surface area (Å²) in [7, 11) is 3.95. The summed E-state index contributed by atoms with van der Waals surface area (Å²) in [4.78, 5) is 0. The van der Waals surface area contributed by atoms with Crippen LogP contribution in [0.1, 0.15) is 5.69 Å². The topological polar surface area (TPSA) is 29.9 Å². The summed E-state index contributed by atoms with van der Waals surface area (Å²) in [5, 5.41) is 7.64. The van der Waals surface area contributed by atoms with Crippen molar-refractivity contribution in [2.75, 3.05) is 19.1 Å². The van der Waals surface area contributed by atoms with Gasteiger partial charge in [-0.1, -0.05) is 0 Å². The number of aryl methyl sites for hydroxylation is 1. The lowest BCUT2D eigenvalue weighted by Crippen LogP contribution is -2.30. The zero-order valence-corrected chi connectivity index (χ0v) is 9.27. The Labute approximate surface area is 83.9 Å². The first kappa shape index (κ1) is 10.6. The Bertz CT molecular complexity index is 247. The molecule has 0 saturated carbocycles. The molecule has 0 saturated heterocycles. The second kappa shape index (κ2) is 5.29. The van der Waals surface area contributed by atoms with Crippen LogP contribution in [0.15, 0.2) is 12.3 Å². The molecular formula is C9H17N3S. The van der Waals surface area contributed by atoms with Crippen LogP contribution in [0, 0.1) is 0 Å². The number of hydrogen-bond acceptors (Lipinski definition) is 3. The molecule has 0 aliphatic heterocycles. The molecule has 0 aromatic carbocycles. The number of likely N-dealkylation sites (N-methyl/N-ethyl adjacent to an activating group) is 1. The van der Waals surface area contributed by atoms with E-state index < -0.39 is 0 Å². The van der Waals surface area contributed by atoms with Crippen LogP contribution in [-0.2, 0) is 13.5 Å². The van der Waals surface area contributed by atoms with Crippen LogP contribution >= 0.6 is 11.8 Å². The van der Waals surface area contributed by atoms with Gasteiger partial charge >= 0.3 is 0 Å². The Morgan fingerprint density at radius 3 is 2.92 bits per heavy atom. The minimum Gasteiger partial charge on any atom is -0.316 e. The minimum atomic E-state index is 0.532. The van der Waals surface area contributed by atoms with Gasteiger partial charge in [-0.2, -0.15) is 16.9 Å². The summed E-state index contributed by atoms with van der Waals surface area (Å²) in [6.07, 6.45) is 5.13. The number of hydrogen-bond donors (Lipinski definition) is 1. The van der Waals surface area contributed by atoms with Crippen LogP contribution in [0.25, 0.3) is 0 Å². The molecule has 1 aromatic heterocycles. The first-order valence-electron chi connectivity index (χ1n) is 4.41. The van der Waals surface area contributed by atoms with Gasteiger partial charge in [-0.3, -0.25) is 4.68 Å². The standard InChI is InChI=1S/C9H17N3S/c1-10-9(7-13-3)6-8-4-5-12(2)11-8/h4-5,9-10H,6-7H2,1-3H3. The van der Waals surface area contributed by atoms with E-state index in [2.05, 4.69) is 22.7 Å².